The fourth-order valence-electron chi connectivity index (χ4n) is 6.85. The minimum absolute atomic E-state index is 0.0651. The Morgan fingerprint density at radius 2 is 1.10 bits per heavy atom. The van der Waals surface area contributed by atoms with Crippen molar-refractivity contribution in [2.45, 2.75) is 57.7 Å². The number of aliphatic hydroxyl groups is 2. The smallest absolute Gasteiger partial charge is 0.256 e. The summed E-state index contributed by atoms with van der Waals surface area (Å²) in [6, 6.07) is 12.5. The summed E-state index contributed by atoms with van der Waals surface area (Å²) >= 11 is 3.86. The van der Waals surface area contributed by atoms with Gasteiger partial charge in [0.2, 0.25) is 0 Å². The van der Waals surface area contributed by atoms with Crippen molar-refractivity contribution in [2.24, 2.45) is 5.92 Å². The number of benzene rings is 4. The fraction of sp³-hybridized carbons (Fsp3) is 0.409. The van der Waals surface area contributed by atoms with Crippen LogP contribution < -0.4 is 21.3 Å². The molecule has 2 aliphatic heterocycles. The number of carbonyl (C=O) groups excluding carboxylic acids is 2. The minimum Gasteiger partial charge on any atom is -0.385 e. The molecule has 1 unspecified atom stereocenters. The van der Waals surface area contributed by atoms with Crippen LogP contribution in [0.4, 0.5) is 49.1 Å². The maximum atomic E-state index is 14.5. The molecule has 0 aromatic heterocycles. The molecule has 0 radical (unpaired) electrons. The van der Waals surface area contributed by atoms with Crippen LogP contribution in [0.5, 0.6) is 0 Å². The molecule has 2 heterocycles. The molecule has 10 nitrogen and oxygen atoms in total. The number of nitrogens with zero attached hydrogens (tertiary/aromatic N) is 2. The summed E-state index contributed by atoms with van der Waals surface area (Å²) < 4.78 is 86.5. The predicted molar refractivity (Wildman–Crippen MR) is 244 cm³/mol. The highest BCUT2D eigenvalue weighted by atomic mass is 127. The van der Waals surface area contributed by atoms with Gasteiger partial charge in [-0.15, -0.1) is 0 Å². The molecule has 4 aromatic carbocycles. The number of amides is 2. The van der Waals surface area contributed by atoms with Gasteiger partial charge in [0.25, 0.3) is 11.8 Å². The second-order valence-corrected chi connectivity index (χ2v) is 18.4. The Bertz CT molecular complexity index is 2230. The average Bonchev–Trinajstić information content (AvgIpc) is 3.20. The van der Waals surface area contributed by atoms with Crippen molar-refractivity contribution in [1.82, 2.24) is 20.4 Å². The van der Waals surface area contributed by atoms with Gasteiger partial charge in [-0.05, 0) is 131 Å². The molecule has 2 amide bonds. The first-order chi connectivity index (χ1) is 29.4. The normalized spacial score (nSPS) is 15.5. The molecule has 6 rings (SSSR count). The lowest BCUT2D eigenvalue weighted by molar-refractivity contribution is -0.0787. The predicted octanol–water partition coefficient (Wildman–Crippen LogP) is 8.69. The number of anilines is 4. The molecular formula is C44H50F6I2N6O4. The van der Waals surface area contributed by atoms with Crippen LogP contribution in [0, 0.1) is 48.0 Å². The van der Waals surface area contributed by atoms with Gasteiger partial charge in [-0.25, -0.2) is 26.3 Å². The van der Waals surface area contributed by atoms with E-state index in [1.165, 1.54) is 34.1 Å². The molecule has 0 saturated carbocycles. The summed E-state index contributed by atoms with van der Waals surface area (Å²) in [6.07, 6.45) is 4.23. The van der Waals surface area contributed by atoms with E-state index in [-0.39, 0.29) is 48.7 Å². The van der Waals surface area contributed by atoms with Gasteiger partial charge >= 0.3 is 0 Å². The lowest BCUT2D eigenvalue weighted by Gasteiger charge is -2.46. The summed E-state index contributed by atoms with van der Waals surface area (Å²) in [5.41, 5.74) is -3.41. The molecule has 0 aliphatic carbocycles. The molecule has 1 atom stereocenters. The molecule has 0 bridgehead atoms. The van der Waals surface area contributed by atoms with E-state index in [4.69, 9.17) is 0 Å². The number of β-amino-alcohol motifs (C(OH)–C–C–N with tert-alkyl or cyclic N) is 2. The Morgan fingerprint density at radius 3 is 1.50 bits per heavy atom. The van der Waals surface area contributed by atoms with Crippen molar-refractivity contribution in [3.05, 3.63) is 114 Å². The van der Waals surface area contributed by atoms with Gasteiger partial charge in [0.1, 0.15) is 22.8 Å². The Balaban J connectivity index is 0.000000234. The van der Waals surface area contributed by atoms with Crippen LogP contribution in [-0.4, -0.2) is 95.4 Å². The van der Waals surface area contributed by atoms with Crippen LogP contribution in [0.3, 0.4) is 0 Å². The van der Waals surface area contributed by atoms with E-state index in [2.05, 4.69) is 42.0 Å². The summed E-state index contributed by atoms with van der Waals surface area (Å²) in [7, 11) is 0. The summed E-state index contributed by atoms with van der Waals surface area (Å²) in [6.45, 7) is 8.78. The number of hydrogen-bond acceptors (Lipinski definition) is 8. The third-order valence-electron chi connectivity index (χ3n) is 10.6. The monoisotopic (exact) mass is 1090 g/mol. The van der Waals surface area contributed by atoms with Crippen molar-refractivity contribution < 1.29 is 46.1 Å². The Morgan fingerprint density at radius 1 is 0.661 bits per heavy atom. The zero-order valence-electron chi connectivity index (χ0n) is 34.5. The molecule has 62 heavy (non-hydrogen) atoms. The minimum atomic E-state index is -1.27. The third kappa shape index (κ3) is 12.5. The largest absolute Gasteiger partial charge is 0.385 e. The fourth-order valence-corrected chi connectivity index (χ4v) is 7.76. The number of halogens is 8. The van der Waals surface area contributed by atoms with Crippen molar-refractivity contribution >= 4 is 79.7 Å². The molecule has 336 valence electrons. The van der Waals surface area contributed by atoms with Gasteiger partial charge < -0.3 is 41.3 Å². The van der Waals surface area contributed by atoms with Gasteiger partial charge in [-0.1, -0.05) is 40.0 Å². The molecule has 4 aromatic rings. The second-order valence-electron chi connectivity index (χ2n) is 15.9. The maximum absolute atomic E-state index is 14.5. The number of hydrogen-bond donors (Lipinski definition) is 6. The van der Waals surface area contributed by atoms with Gasteiger partial charge in [0, 0.05) is 20.2 Å². The molecule has 6 N–H and O–H groups in total. The highest BCUT2D eigenvalue weighted by Gasteiger charge is 2.45. The molecular weight excluding hydrogens is 1040 g/mol. The summed E-state index contributed by atoms with van der Waals surface area (Å²) in [5, 5.41) is 32.5. The van der Waals surface area contributed by atoms with Crippen molar-refractivity contribution in [1.29, 1.82) is 0 Å². The quantitative estimate of drug-likeness (QED) is 0.0353. The molecule has 18 heteroatoms. The van der Waals surface area contributed by atoms with E-state index in [9.17, 15) is 46.1 Å². The van der Waals surface area contributed by atoms with E-state index in [1.54, 1.807) is 12.1 Å². The first kappa shape index (κ1) is 49.3. The van der Waals surface area contributed by atoms with Crippen LogP contribution in [0.2, 0.25) is 0 Å². The van der Waals surface area contributed by atoms with Crippen LogP contribution >= 0.6 is 45.2 Å². The Labute approximate surface area is 384 Å². The molecule has 2 fully saturated rings. The van der Waals surface area contributed by atoms with Gasteiger partial charge in [-0.2, -0.15) is 0 Å². The van der Waals surface area contributed by atoms with Crippen LogP contribution in [0.1, 0.15) is 67.2 Å². The molecule has 2 saturated heterocycles. The topological polar surface area (TPSA) is 129 Å². The molecule has 0 spiro atoms. The average molecular weight is 1090 g/mol. The summed E-state index contributed by atoms with van der Waals surface area (Å²) in [5.74, 6) is -6.81. The van der Waals surface area contributed by atoms with E-state index in [0.717, 1.165) is 63.0 Å². The van der Waals surface area contributed by atoms with Gasteiger partial charge in [-0.3, -0.25) is 9.59 Å². The van der Waals surface area contributed by atoms with E-state index in [0.29, 0.717) is 26.1 Å². The number of nitrogens with one attached hydrogen (secondary N) is 4. The Kier molecular flexibility index (Phi) is 17.3. The van der Waals surface area contributed by atoms with E-state index >= 15 is 0 Å². The molecule has 2 aliphatic rings. The van der Waals surface area contributed by atoms with Gasteiger partial charge in [0.05, 0.1) is 60.1 Å². The standard InChI is InChI=1S/2C22H25F3IN3O2/c1-3-13(2)9-27-10-22(31)11-29(12-22)21(30)15-5-6-16(23)19(25)20(15)28-18-7-4-14(26)8-17(18)24;1-2-3-4-9-27-11-22(31)12-29(13-22)21(30)15-6-7-16(23)19(25)20(15)28-18-8-5-14(26)10-17(18)24/h4-8,13,27-28,31H,3,9-12H2,1-2H3;5-8,10,27-28,31H,2-4,9,11-13H2,1H3. The number of likely N-dealkylation sites (tertiary alicyclic amines) is 2. The van der Waals surface area contributed by atoms with E-state index in [1.807, 2.05) is 45.2 Å². The third-order valence-corrected chi connectivity index (χ3v) is 11.9. The summed E-state index contributed by atoms with van der Waals surface area (Å²) in [4.78, 5) is 28.6. The van der Waals surface area contributed by atoms with Crippen LogP contribution in [0.25, 0.3) is 0 Å². The number of rotatable bonds is 17. The lowest BCUT2D eigenvalue weighted by Crippen LogP contribution is -2.67. The first-order valence-electron chi connectivity index (χ1n) is 20.2. The maximum Gasteiger partial charge on any atom is 0.256 e. The van der Waals surface area contributed by atoms with Crippen LogP contribution in [-0.2, 0) is 0 Å². The van der Waals surface area contributed by atoms with Gasteiger partial charge in [0.15, 0.2) is 23.3 Å². The number of carbonyl (C=O) groups is 2. The Hall–Kier alpha value is -3.70. The first-order valence-corrected chi connectivity index (χ1v) is 22.4. The zero-order valence-corrected chi connectivity index (χ0v) is 38.8. The SMILES string of the molecule is CCC(C)CNCC1(O)CN(C(=O)c2ccc(F)c(F)c2Nc2ccc(I)cc2F)C1.CCCCCNCC1(O)CN(C(=O)c2ccc(F)c(F)c2Nc2ccc(I)cc2F)C1. The van der Waals surface area contributed by atoms with Crippen LogP contribution in [0.15, 0.2) is 60.7 Å². The second kappa shape index (κ2) is 21.8. The highest BCUT2D eigenvalue weighted by molar-refractivity contribution is 14.1. The van der Waals surface area contributed by atoms with Crippen molar-refractivity contribution in [3.63, 3.8) is 0 Å². The van der Waals surface area contributed by atoms with Crippen molar-refractivity contribution in [3.8, 4) is 0 Å². The number of unbranched alkanes of at least 4 members (excludes halogenated alkanes) is 2. The lowest BCUT2D eigenvalue weighted by atomic mass is 9.92. The highest BCUT2D eigenvalue weighted by Crippen LogP contribution is 2.33. The van der Waals surface area contributed by atoms with Crippen molar-refractivity contribution in [2.75, 3.05) is 63.0 Å². The zero-order chi connectivity index (χ0) is 45.4. The van der Waals surface area contributed by atoms with E-state index < -0.39 is 69.3 Å².